The Bertz CT molecular complexity index is 735. The second-order valence-corrected chi connectivity index (χ2v) is 5.41. The van der Waals surface area contributed by atoms with Crippen molar-refractivity contribution in [2.75, 3.05) is 27.2 Å². The van der Waals surface area contributed by atoms with Crippen molar-refractivity contribution in [2.24, 2.45) is 0 Å². The van der Waals surface area contributed by atoms with E-state index in [1.165, 1.54) is 24.4 Å². The number of nitrogens with one attached hydrogen (secondary N) is 1. The molecule has 0 fully saturated rings. The molecule has 23 heavy (non-hydrogen) atoms. The molecule has 2 aliphatic rings. The van der Waals surface area contributed by atoms with Gasteiger partial charge in [0.1, 0.15) is 17.9 Å². The van der Waals surface area contributed by atoms with Crippen LogP contribution in [-0.2, 0) is 11.3 Å². The summed E-state index contributed by atoms with van der Waals surface area (Å²) < 4.78 is 1.58. The van der Waals surface area contributed by atoms with E-state index in [0.29, 0.717) is 12.2 Å². The zero-order chi connectivity index (χ0) is 17.0. The van der Waals surface area contributed by atoms with E-state index in [0.717, 1.165) is 6.54 Å². The standard InChI is InChI=1S/C15H19N4O4/c1-17(2)9-7-16-14(21)10-18-8-6-13(20)15-11(18)4-3-5-12(15)19(22)23/h3-6,8H,7,9-10H2,1-2H3,(H2-,16,20,21,22,23)/q-1. The molecule has 8 heteroatoms. The van der Waals surface area contributed by atoms with Crippen molar-refractivity contribution in [2.45, 2.75) is 6.54 Å². The molecule has 0 aromatic heterocycles. The Kier molecular flexibility index (Phi) is 5.07. The molecular weight excluding hydrogens is 300 g/mol. The maximum atomic E-state index is 12.0. The molecule has 0 aromatic rings. The van der Waals surface area contributed by atoms with Crippen molar-refractivity contribution in [3.8, 4) is 17.0 Å². The second-order valence-electron chi connectivity index (χ2n) is 5.41. The topological polar surface area (TPSA) is 107 Å². The van der Waals surface area contributed by atoms with Crippen molar-refractivity contribution in [3.63, 3.8) is 0 Å². The number of likely N-dealkylation sites (N-methyl/N-ethyl adjacent to an activating group) is 1. The van der Waals surface area contributed by atoms with Gasteiger partial charge >= 0.3 is 0 Å². The number of hydrogen-bond acceptors (Lipinski definition) is 5. The third-order valence-electron chi connectivity index (χ3n) is 3.39. The molecule has 1 aliphatic heterocycles. The molecule has 8 nitrogen and oxygen atoms in total. The number of aromatic nitrogens is 1. The molecule has 0 atom stereocenters. The van der Waals surface area contributed by atoms with Crippen molar-refractivity contribution in [1.82, 2.24) is 19.7 Å². The SMILES string of the molecule is CN(C)CCNC(=O)Cn1ccc(O)c2c(=[N+]([O-])[O-])cccc1-2. The Morgan fingerprint density at radius 2 is 2.09 bits per heavy atom. The molecule has 0 aromatic carbocycles. The number of carbonyl (C=O) groups excluding carboxylic acids is 1. The molecule has 0 radical (unpaired) electrons. The van der Waals surface area contributed by atoms with Gasteiger partial charge in [0.15, 0.2) is 0 Å². The van der Waals surface area contributed by atoms with Gasteiger partial charge in [0.25, 0.3) is 0 Å². The van der Waals surface area contributed by atoms with E-state index in [-0.39, 0.29) is 29.1 Å². The van der Waals surface area contributed by atoms with E-state index < -0.39 is 4.90 Å². The Morgan fingerprint density at radius 1 is 1.35 bits per heavy atom. The number of aromatic hydroxyl groups is 1. The first kappa shape index (κ1) is 16.6. The quantitative estimate of drug-likeness (QED) is 0.739. The fourth-order valence-corrected chi connectivity index (χ4v) is 2.27. The predicted molar refractivity (Wildman–Crippen MR) is 86.3 cm³/mol. The van der Waals surface area contributed by atoms with E-state index in [4.69, 9.17) is 0 Å². The van der Waals surface area contributed by atoms with Crippen LogP contribution in [0.25, 0.3) is 11.3 Å². The third kappa shape index (κ3) is 3.92. The summed E-state index contributed by atoms with van der Waals surface area (Å²) in [5, 5.41) is 34.7. The van der Waals surface area contributed by atoms with Gasteiger partial charge in [0.2, 0.25) is 11.3 Å². The van der Waals surface area contributed by atoms with E-state index >= 15 is 0 Å². The average Bonchev–Trinajstić information content (AvgIpc) is 2.49. The summed E-state index contributed by atoms with van der Waals surface area (Å²) in [5.41, 5.74) is 0.558. The molecule has 0 saturated carbocycles. The zero-order valence-corrected chi connectivity index (χ0v) is 13.0. The van der Waals surface area contributed by atoms with E-state index in [2.05, 4.69) is 5.32 Å². The van der Waals surface area contributed by atoms with Crippen LogP contribution >= 0.6 is 0 Å². The molecule has 1 aliphatic carbocycles. The van der Waals surface area contributed by atoms with E-state index in [9.17, 15) is 20.3 Å². The van der Waals surface area contributed by atoms with Crippen LogP contribution in [0.1, 0.15) is 0 Å². The highest BCUT2D eigenvalue weighted by atomic mass is 16.8. The van der Waals surface area contributed by atoms with Crippen molar-refractivity contribution < 1.29 is 9.90 Å². The number of carbonyl (C=O) groups is 1. The van der Waals surface area contributed by atoms with Crippen LogP contribution in [0.4, 0.5) is 0 Å². The fourth-order valence-electron chi connectivity index (χ4n) is 2.27. The monoisotopic (exact) mass is 319 g/mol. The van der Waals surface area contributed by atoms with Gasteiger partial charge < -0.3 is 30.3 Å². The van der Waals surface area contributed by atoms with Gasteiger partial charge in [-0.3, -0.25) is 4.79 Å². The Labute approximate surface area is 133 Å². The van der Waals surface area contributed by atoms with Crippen molar-refractivity contribution >= 4 is 5.91 Å². The van der Waals surface area contributed by atoms with Gasteiger partial charge in [-0.25, -0.2) is 0 Å². The number of rotatable bonds is 5. The Balaban J connectivity index is 2.28. The van der Waals surface area contributed by atoms with Crippen LogP contribution in [0, 0.1) is 10.4 Å². The lowest BCUT2D eigenvalue weighted by Crippen LogP contribution is -2.34. The smallest absolute Gasteiger partial charge is 0.239 e. The van der Waals surface area contributed by atoms with Crippen molar-refractivity contribution in [3.05, 3.63) is 46.2 Å². The predicted octanol–water partition coefficient (Wildman–Crippen LogP) is -0.256. The lowest BCUT2D eigenvalue weighted by molar-refractivity contribution is -0.121. The number of amides is 1. The van der Waals surface area contributed by atoms with Gasteiger partial charge in [-0.1, -0.05) is 6.07 Å². The van der Waals surface area contributed by atoms with Crippen molar-refractivity contribution in [1.29, 1.82) is 0 Å². The number of nitrogens with zero attached hydrogens (tertiary/aromatic N) is 3. The summed E-state index contributed by atoms with van der Waals surface area (Å²) in [4.78, 5) is 13.4. The third-order valence-corrected chi connectivity index (χ3v) is 3.39. The summed E-state index contributed by atoms with van der Waals surface area (Å²) in [5.74, 6) is -0.382. The number of fused-ring (bicyclic) bond motifs is 1. The van der Waals surface area contributed by atoms with Gasteiger partial charge in [0.05, 0.1) is 5.69 Å². The minimum Gasteiger partial charge on any atom is -0.612 e. The van der Waals surface area contributed by atoms with Gasteiger partial charge in [-0.05, 0) is 26.2 Å². The maximum absolute atomic E-state index is 12.0. The van der Waals surface area contributed by atoms with E-state index in [1.54, 1.807) is 10.6 Å². The molecule has 0 saturated heterocycles. The summed E-state index contributed by atoms with van der Waals surface area (Å²) in [6.07, 6.45) is 1.53. The first-order valence-corrected chi connectivity index (χ1v) is 7.10. The summed E-state index contributed by atoms with van der Waals surface area (Å²) in [6.45, 7) is 1.26. The van der Waals surface area contributed by atoms with Crippen LogP contribution in [0.5, 0.6) is 5.75 Å². The maximum Gasteiger partial charge on any atom is 0.239 e. The highest BCUT2D eigenvalue weighted by Gasteiger charge is 2.17. The molecule has 0 bridgehead atoms. The van der Waals surface area contributed by atoms with Crippen LogP contribution in [0.2, 0.25) is 0 Å². The summed E-state index contributed by atoms with van der Waals surface area (Å²) >= 11 is 0. The first-order valence-electron chi connectivity index (χ1n) is 7.10. The first-order chi connectivity index (χ1) is 10.9. The fraction of sp³-hybridized carbons (Fsp3) is 0.333. The van der Waals surface area contributed by atoms with Gasteiger partial charge in [-0.2, -0.15) is 4.90 Å². The second kappa shape index (κ2) is 7.01. The molecule has 124 valence electrons. The summed E-state index contributed by atoms with van der Waals surface area (Å²) in [6, 6.07) is 5.83. The lowest BCUT2D eigenvalue weighted by atomic mass is 10.1. The molecule has 2 N–H and O–H groups in total. The van der Waals surface area contributed by atoms with Gasteiger partial charge in [0, 0.05) is 25.4 Å². The molecule has 0 unspecified atom stereocenters. The molecule has 2 rings (SSSR count). The van der Waals surface area contributed by atoms with Crippen LogP contribution in [-0.4, -0.2) is 47.7 Å². The Morgan fingerprint density at radius 3 is 2.74 bits per heavy atom. The highest BCUT2D eigenvalue weighted by molar-refractivity contribution is 5.77. The van der Waals surface area contributed by atoms with E-state index in [1.807, 2.05) is 19.0 Å². The number of benzene rings is 1. The Hall–Kier alpha value is -2.74. The molecule has 1 heterocycles. The van der Waals surface area contributed by atoms with Crippen LogP contribution in [0.15, 0.2) is 30.5 Å². The zero-order valence-electron chi connectivity index (χ0n) is 13.0. The van der Waals surface area contributed by atoms with Crippen LogP contribution in [0.3, 0.4) is 0 Å². The summed E-state index contributed by atoms with van der Waals surface area (Å²) in [7, 11) is 3.82. The molecular formula is C15H19N4O4-. The highest BCUT2D eigenvalue weighted by Crippen LogP contribution is 2.26. The normalized spacial score (nSPS) is 10.9. The average molecular weight is 319 g/mol. The minimum absolute atomic E-state index is 0.0192. The van der Waals surface area contributed by atoms with Gasteiger partial charge in [-0.15, -0.1) is 0 Å². The minimum atomic E-state index is -0.552. The van der Waals surface area contributed by atoms with Crippen LogP contribution < -0.4 is 15.6 Å². The lowest BCUT2D eigenvalue weighted by Gasteiger charge is -2.17. The molecule has 1 amide bonds. The largest absolute Gasteiger partial charge is 0.612 e. The number of hydrogen-bond donors (Lipinski definition) is 2. The molecule has 0 spiro atoms. The number of pyridine rings is 1.